The first-order valence-corrected chi connectivity index (χ1v) is 9.66. The lowest BCUT2D eigenvalue weighted by molar-refractivity contribution is 0.0727. The Labute approximate surface area is 180 Å². The van der Waals surface area contributed by atoms with E-state index >= 15 is 4.39 Å². The smallest absolute Gasteiger partial charge is 0.347 e. The number of benzene rings is 3. The van der Waals surface area contributed by atoms with E-state index in [1.165, 1.54) is 6.92 Å². The van der Waals surface area contributed by atoms with Gasteiger partial charge in [0.25, 0.3) is 0 Å². The number of halogens is 1. The number of esters is 1. The molecule has 0 radical (unpaired) electrons. The molecule has 158 valence electrons. The van der Waals surface area contributed by atoms with Gasteiger partial charge in [0.1, 0.15) is 23.7 Å². The van der Waals surface area contributed by atoms with E-state index in [9.17, 15) is 9.59 Å². The topological polar surface area (TPSA) is 64.6 Å². The van der Waals surface area contributed by atoms with Crippen molar-refractivity contribution in [3.8, 4) is 11.5 Å². The maximum Gasteiger partial charge on any atom is 0.347 e. The minimum absolute atomic E-state index is 0.0322. The first-order valence-electron chi connectivity index (χ1n) is 9.66. The van der Waals surface area contributed by atoms with Crippen LogP contribution in [0.25, 0.3) is 0 Å². The third kappa shape index (κ3) is 4.98. The minimum atomic E-state index is -0.811. The quantitative estimate of drug-likeness (QED) is 0.219. The summed E-state index contributed by atoms with van der Waals surface area (Å²) in [6.45, 7) is 5.39. The van der Waals surface area contributed by atoms with Gasteiger partial charge in [-0.05, 0) is 24.6 Å². The second kappa shape index (κ2) is 10.2. The van der Waals surface area contributed by atoms with Gasteiger partial charge < -0.3 is 14.8 Å². The predicted molar refractivity (Wildman–Crippen MR) is 117 cm³/mol. The molecule has 0 heterocycles. The average Bonchev–Trinajstić information content (AvgIpc) is 2.79. The zero-order valence-electron chi connectivity index (χ0n) is 17.1. The molecule has 6 heteroatoms. The standard InChI is InChI=1S/C25H22FNO4/c1-3-14-27-23-20(15-28)22(26)17(2)21(25(29)31-19-12-8-5-9-13-19)24(23)30-16-18-10-6-4-7-11-18/h3-13,15,27H,1,14,16H2,2H3. The summed E-state index contributed by atoms with van der Waals surface area (Å²) in [7, 11) is 0. The molecule has 0 atom stereocenters. The summed E-state index contributed by atoms with van der Waals surface area (Å²) < 4.78 is 26.4. The third-order valence-corrected chi connectivity index (χ3v) is 4.59. The van der Waals surface area contributed by atoms with Crippen LogP contribution in [0.1, 0.15) is 31.8 Å². The van der Waals surface area contributed by atoms with Gasteiger partial charge in [0, 0.05) is 12.1 Å². The number of nitrogens with one attached hydrogen (secondary N) is 1. The molecule has 3 rings (SSSR count). The van der Waals surface area contributed by atoms with Gasteiger partial charge in [-0.15, -0.1) is 6.58 Å². The Morgan fingerprint density at radius 1 is 1.10 bits per heavy atom. The van der Waals surface area contributed by atoms with E-state index in [1.54, 1.807) is 36.4 Å². The number of rotatable bonds is 9. The lowest BCUT2D eigenvalue weighted by Gasteiger charge is -2.20. The van der Waals surface area contributed by atoms with E-state index < -0.39 is 11.8 Å². The van der Waals surface area contributed by atoms with Crippen LogP contribution in [0.2, 0.25) is 0 Å². The maximum atomic E-state index is 15.0. The molecule has 0 bridgehead atoms. The molecule has 0 spiro atoms. The first-order chi connectivity index (χ1) is 15.1. The number of ether oxygens (including phenoxy) is 2. The zero-order chi connectivity index (χ0) is 22.2. The fourth-order valence-corrected chi connectivity index (χ4v) is 3.07. The van der Waals surface area contributed by atoms with Crippen molar-refractivity contribution in [1.29, 1.82) is 0 Å². The highest BCUT2D eigenvalue weighted by Gasteiger charge is 2.28. The molecule has 3 aromatic carbocycles. The molecule has 5 nitrogen and oxygen atoms in total. The predicted octanol–water partition coefficient (Wildman–Crippen LogP) is 5.34. The molecule has 0 aliphatic carbocycles. The molecular formula is C25H22FNO4. The van der Waals surface area contributed by atoms with Crippen LogP contribution in [0.5, 0.6) is 11.5 Å². The van der Waals surface area contributed by atoms with Gasteiger partial charge in [-0.1, -0.05) is 54.6 Å². The Bertz CT molecular complexity index is 1080. The summed E-state index contributed by atoms with van der Waals surface area (Å²) in [4.78, 5) is 24.7. The Morgan fingerprint density at radius 2 is 1.74 bits per heavy atom. The van der Waals surface area contributed by atoms with E-state index in [0.717, 1.165) is 5.56 Å². The summed E-state index contributed by atoms with van der Waals surface area (Å²) in [6.07, 6.45) is 1.95. The molecule has 0 aliphatic rings. The van der Waals surface area contributed by atoms with E-state index in [-0.39, 0.29) is 41.3 Å². The summed E-state index contributed by atoms with van der Waals surface area (Å²) in [5.74, 6) is -1.24. The Morgan fingerprint density at radius 3 is 2.35 bits per heavy atom. The van der Waals surface area contributed by atoms with Crippen molar-refractivity contribution < 1.29 is 23.5 Å². The molecule has 31 heavy (non-hydrogen) atoms. The molecule has 0 unspecified atom stereocenters. The van der Waals surface area contributed by atoms with Gasteiger partial charge in [0.2, 0.25) is 0 Å². The highest BCUT2D eigenvalue weighted by Crippen LogP contribution is 2.38. The highest BCUT2D eigenvalue weighted by molar-refractivity contribution is 6.01. The normalized spacial score (nSPS) is 10.3. The summed E-state index contributed by atoms with van der Waals surface area (Å²) in [5.41, 5.74) is 0.575. The fraction of sp³-hybridized carbons (Fsp3) is 0.120. The van der Waals surface area contributed by atoms with E-state index in [2.05, 4.69) is 11.9 Å². The number of carbonyl (C=O) groups excluding carboxylic acids is 2. The maximum absolute atomic E-state index is 15.0. The average molecular weight is 419 g/mol. The number of hydrogen-bond acceptors (Lipinski definition) is 5. The Kier molecular flexibility index (Phi) is 7.17. The van der Waals surface area contributed by atoms with Crippen LogP contribution < -0.4 is 14.8 Å². The van der Waals surface area contributed by atoms with Crippen LogP contribution >= 0.6 is 0 Å². The number of para-hydroxylation sites is 1. The minimum Gasteiger partial charge on any atom is -0.486 e. The second-order valence-electron chi connectivity index (χ2n) is 6.70. The van der Waals surface area contributed by atoms with Gasteiger partial charge >= 0.3 is 5.97 Å². The zero-order valence-corrected chi connectivity index (χ0v) is 17.1. The lowest BCUT2D eigenvalue weighted by atomic mass is 10.00. The highest BCUT2D eigenvalue weighted by atomic mass is 19.1. The summed E-state index contributed by atoms with van der Waals surface area (Å²) >= 11 is 0. The molecule has 0 aromatic heterocycles. The molecule has 3 aromatic rings. The number of anilines is 1. The van der Waals surface area contributed by atoms with Gasteiger partial charge in [-0.3, -0.25) is 4.79 Å². The number of hydrogen-bond donors (Lipinski definition) is 1. The van der Waals surface area contributed by atoms with Crippen LogP contribution in [-0.2, 0) is 6.61 Å². The van der Waals surface area contributed by atoms with Crippen LogP contribution in [0.15, 0.2) is 73.3 Å². The van der Waals surface area contributed by atoms with Gasteiger partial charge in [0.05, 0.1) is 11.3 Å². The Balaban J connectivity index is 2.11. The van der Waals surface area contributed by atoms with Crippen molar-refractivity contribution in [2.24, 2.45) is 0 Å². The first kappa shape index (κ1) is 21.8. The van der Waals surface area contributed by atoms with Gasteiger partial charge in [-0.25, -0.2) is 9.18 Å². The lowest BCUT2D eigenvalue weighted by Crippen LogP contribution is -2.18. The SMILES string of the molecule is C=CCNc1c(C=O)c(F)c(C)c(C(=O)Oc2ccccc2)c1OCc1ccccc1. The molecular weight excluding hydrogens is 397 g/mol. The van der Waals surface area contributed by atoms with Crippen molar-refractivity contribution in [2.75, 3.05) is 11.9 Å². The van der Waals surface area contributed by atoms with Crippen LogP contribution in [0.3, 0.4) is 0 Å². The summed E-state index contributed by atoms with van der Waals surface area (Å²) in [6, 6.07) is 17.7. The molecule has 0 saturated heterocycles. The van der Waals surface area contributed by atoms with Crippen molar-refractivity contribution in [3.63, 3.8) is 0 Å². The molecule has 0 amide bonds. The largest absolute Gasteiger partial charge is 0.486 e. The van der Waals surface area contributed by atoms with Crippen molar-refractivity contribution >= 4 is 17.9 Å². The van der Waals surface area contributed by atoms with Gasteiger partial charge in [-0.2, -0.15) is 0 Å². The molecule has 0 saturated carbocycles. The van der Waals surface area contributed by atoms with Crippen molar-refractivity contribution in [3.05, 3.63) is 101 Å². The Hall–Kier alpha value is -3.93. The van der Waals surface area contributed by atoms with Crippen molar-refractivity contribution in [1.82, 2.24) is 0 Å². The molecule has 0 aliphatic heterocycles. The molecule has 1 N–H and O–H groups in total. The number of carbonyl (C=O) groups is 2. The monoisotopic (exact) mass is 419 g/mol. The number of aldehydes is 1. The third-order valence-electron chi connectivity index (χ3n) is 4.59. The second-order valence-corrected chi connectivity index (χ2v) is 6.70. The van der Waals surface area contributed by atoms with Gasteiger partial charge in [0.15, 0.2) is 12.0 Å². The fourth-order valence-electron chi connectivity index (χ4n) is 3.07. The van der Waals surface area contributed by atoms with E-state index in [4.69, 9.17) is 9.47 Å². The molecule has 0 fully saturated rings. The van der Waals surface area contributed by atoms with Crippen LogP contribution in [0, 0.1) is 12.7 Å². The van der Waals surface area contributed by atoms with E-state index in [1.807, 2.05) is 30.3 Å². The summed E-state index contributed by atoms with van der Waals surface area (Å²) in [5, 5.41) is 2.92. The van der Waals surface area contributed by atoms with Crippen molar-refractivity contribution in [2.45, 2.75) is 13.5 Å². The van der Waals surface area contributed by atoms with Crippen LogP contribution in [0.4, 0.5) is 10.1 Å². The van der Waals surface area contributed by atoms with Crippen LogP contribution in [-0.4, -0.2) is 18.8 Å². The van der Waals surface area contributed by atoms with E-state index in [0.29, 0.717) is 12.0 Å².